The van der Waals surface area contributed by atoms with E-state index in [1.165, 1.54) is 12.1 Å². The van der Waals surface area contributed by atoms with Gasteiger partial charge in [-0.2, -0.15) is 0 Å². The Balaban J connectivity index is 2.70. The van der Waals surface area contributed by atoms with E-state index in [1.54, 1.807) is 33.8 Å². The maximum Gasteiger partial charge on any atom is 0.344 e. The summed E-state index contributed by atoms with van der Waals surface area (Å²) in [6.07, 6.45) is 0. The van der Waals surface area contributed by atoms with Crippen LogP contribution in [0.2, 0.25) is 5.02 Å². The van der Waals surface area contributed by atoms with Crippen LogP contribution in [0, 0.1) is 0 Å². The number of hydrogen-bond acceptors (Lipinski definition) is 5. The lowest BCUT2D eigenvalue weighted by Gasteiger charge is -2.19. The summed E-state index contributed by atoms with van der Waals surface area (Å²) in [5.41, 5.74) is -0.378. The van der Waals surface area contributed by atoms with Gasteiger partial charge in [0.15, 0.2) is 6.61 Å². The smallest absolute Gasteiger partial charge is 0.344 e. The van der Waals surface area contributed by atoms with Gasteiger partial charge in [0.2, 0.25) is 0 Å². The van der Waals surface area contributed by atoms with Crippen LogP contribution in [0.15, 0.2) is 18.2 Å². The topological polar surface area (TPSA) is 61.8 Å². The minimum absolute atomic E-state index is 0.195. The minimum Gasteiger partial charge on any atom is -0.482 e. The number of rotatable bonds is 5. The third-order valence-corrected chi connectivity index (χ3v) is 2.54. The van der Waals surface area contributed by atoms with Crippen LogP contribution < -0.4 is 4.74 Å². The van der Waals surface area contributed by atoms with Gasteiger partial charge in [0, 0.05) is 0 Å². The normalized spacial score (nSPS) is 10.9. The Bertz CT molecular complexity index is 519. The maximum atomic E-state index is 11.7. The first kappa shape index (κ1) is 17.3. The minimum atomic E-state index is -0.573. The molecule has 0 radical (unpaired) electrons. The molecule has 1 aromatic carbocycles. The highest BCUT2D eigenvalue weighted by atomic mass is 35.5. The molecule has 0 aliphatic rings. The molecule has 0 aromatic heterocycles. The summed E-state index contributed by atoms with van der Waals surface area (Å²) < 4.78 is 15.3. The van der Waals surface area contributed by atoms with E-state index in [0.29, 0.717) is 5.75 Å². The quantitative estimate of drug-likeness (QED) is 0.781. The number of carbonyl (C=O) groups excluding carboxylic acids is 2. The Kier molecular flexibility index (Phi) is 6.03. The van der Waals surface area contributed by atoms with Crippen molar-refractivity contribution >= 4 is 23.5 Å². The van der Waals surface area contributed by atoms with Crippen LogP contribution in [-0.4, -0.2) is 30.8 Å². The molecule has 0 bridgehead atoms. The number of carbonyl (C=O) groups is 2. The Morgan fingerprint density at radius 3 is 2.48 bits per heavy atom. The molecule has 0 unspecified atom stereocenters. The first-order valence-electron chi connectivity index (χ1n) is 6.54. The standard InChI is InChI=1S/C15H19ClO5/c1-5-19-14(18)11-8-10(6-7-12(11)16)20-9-13(17)21-15(2,3)4/h6-8H,5,9H2,1-4H3. The average molecular weight is 315 g/mol. The summed E-state index contributed by atoms with van der Waals surface area (Å²) in [4.78, 5) is 23.2. The van der Waals surface area contributed by atoms with Crippen LogP contribution in [0.4, 0.5) is 0 Å². The first-order chi connectivity index (χ1) is 9.73. The SMILES string of the molecule is CCOC(=O)c1cc(OCC(=O)OC(C)(C)C)ccc1Cl. The molecule has 5 nitrogen and oxygen atoms in total. The summed E-state index contributed by atoms with van der Waals surface area (Å²) in [5, 5.41) is 0.262. The van der Waals surface area contributed by atoms with Gasteiger partial charge >= 0.3 is 11.9 Å². The molecular weight excluding hydrogens is 296 g/mol. The Morgan fingerprint density at radius 2 is 1.90 bits per heavy atom. The van der Waals surface area contributed by atoms with E-state index in [9.17, 15) is 9.59 Å². The van der Waals surface area contributed by atoms with Crippen LogP contribution in [0.1, 0.15) is 38.1 Å². The average Bonchev–Trinajstić information content (AvgIpc) is 2.36. The van der Waals surface area contributed by atoms with Crippen molar-refractivity contribution in [2.45, 2.75) is 33.3 Å². The van der Waals surface area contributed by atoms with E-state index < -0.39 is 17.5 Å². The monoisotopic (exact) mass is 314 g/mol. The van der Waals surface area contributed by atoms with Gasteiger partial charge in [0.05, 0.1) is 17.2 Å². The number of esters is 2. The zero-order chi connectivity index (χ0) is 16.0. The van der Waals surface area contributed by atoms with Gasteiger partial charge < -0.3 is 14.2 Å². The molecule has 0 N–H and O–H groups in total. The Labute approximate surface area is 129 Å². The van der Waals surface area contributed by atoms with Crippen molar-refractivity contribution in [2.24, 2.45) is 0 Å². The largest absolute Gasteiger partial charge is 0.482 e. The van der Waals surface area contributed by atoms with E-state index in [0.717, 1.165) is 0 Å². The van der Waals surface area contributed by atoms with Gasteiger partial charge in [-0.3, -0.25) is 0 Å². The Morgan fingerprint density at radius 1 is 1.24 bits per heavy atom. The van der Waals surface area contributed by atoms with Crippen molar-refractivity contribution in [3.8, 4) is 5.75 Å². The molecule has 0 saturated heterocycles. The van der Waals surface area contributed by atoms with Gasteiger partial charge in [-0.1, -0.05) is 11.6 Å². The summed E-state index contributed by atoms with van der Waals surface area (Å²) in [6, 6.07) is 4.51. The molecule has 0 spiro atoms. The molecule has 0 aliphatic carbocycles. The Hall–Kier alpha value is -1.75. The second-order valence-corrected chi connectivity index (χ2v) is 5.64. The number of hydrogen-bond donors (Lipinski definition) is 0. The zero-order valence-electron chi connectivity index (χ0n) is 12.6. The van der Waals surface area contributed by atoms with Crippen molar-refractivity contribution in [3.63, 3.8) is 0 Å². The van der Waals surface area contributed by atoms with Crippen LogP contribution in [-0.2, 0) is 14.3 Å². The summed E-state index contributed by atoms with van der Waals surface area (Å²) in [7, 11) is 0. The highest BCUT2D eigenvalue weighted by Gasteiger charge is 2.17. The molecule has 1 aromatic rings. The molecule has 116 valence electrons. The summed E-state index contributed by atoms with van der Waals surface area (Å²) >= 11 is 5.93. The molecule has 1 rings (SSSR count). The van der Waals surface area contributed by atoms with Crippen molar-refractivity contribution in [1.29, 1.82) is 0 Å². The second kappa shape index (κ2) is 7.31. The fourth-order valence-corrected chi connectivity index (χ4v) is 1.67. The maximum absolute atomic E-state index is 11.7. The van der Waals surface area contributed by atoms with Crippen LogP contribution in [0.5, 0.6) is 5.75 Å². The predicted molar refractivity (Wildman–Crippen MR) is 78.7 cm³/mol. The van der Waals surface area contributed by atoms with E-state index in [1.807, 2.05) is 0 Å². The molecular formula is C15H19ClO5. The molecule has 0 amide bonds. The van der Waals surface area contributed by atoms with Crippen molar-refractivity contribution in [1.82, 2.24) is 0 Å². The second-order valence-electron chi connectivity index (χ2n) is 5.24. The van der Waals surface area contributed by atoms with Gasteiger partial charge in [-0.15, -0.1) is 0 Å². The van der Waals surface area contributed by atoms with Crippen molar-refractivity contribution in [3.05, 3.63) is 28.8 Å². The van der Waals surface area contributed by atoms with Crippen molar-refractivity contribution < 1.29 is 23.8 Å². The van der Waals surface area contributed by atoms with Gasteiger partial charge in [0.1, 0.15) is 11.4 Å². The van der Waals surface area contributed by atoms with E-state index in [2.05, 4.69) is 0 Å². The summed E-state index contributed by atoms with van der Waals surface area (Å²) in [6.45, 7) is 7.01. The van der Waals surface area contributed by atoms with Gasteiger partial charge in [-0.25, -0.2) is 9.59 Å². The third-order valence-electron chi connectivity index (χ3n) is 2.21. The van der Waals surface area contributed by atoms with Crippen LogP contribution >= 0.6 is 11.6 Å². The molecule has 0 aliphatic heterocycles. The van der Waals surface area contributed by atoms with E-state index >= 15 is 0 Å². The fraction of sp³-hybridized carbons (Fsp3) is 0.467. The third kappa shape index (κ3) is 6.04. The van der Waals surface area contributed by atoms with Crippen LogP contribution in [0.3, 0.4) is 0 Å². The highest BCUT2D eigenvalue weighted by Crippen LogP contribution is 2.23. The lowest BCUT2D eigenvalue weighted by Crippen LogP contribution is -2.27. The lowest BCUT2D eigenvalue weighted by molar-refractivity contribution is -0.157. The predicted octanol–water partition coefficient (Wildman–Crippen LogP) is 3.24. The number of halogens is 1. The first-order valence-corrected chi connectivity index (χ1v) is 6.92. The fourth-order valence-electron chi connectivity index (χ4n) is 1.47. The number of ether oxygens (including phenoxy) is 3. The molecule has 21 heavy (non-hydrogen) atoms. The molecule has 0 heterocycles. The molecule has 6 heteroatoms. The van der Waals surface area contributed by atoms with Gasteiger partial charge in [-0.05, 0) is 45.9 Å². The van der Waals surface area contributed by atoms with E-state index in [-0.39, 0.29) is 23.8 Å². The van der Waals surface area contributed by atoms with Gasteiger partial charge in [0.25, 0.3) is 0 Å². The molecule has 0 atom stereocenters. The highest BCUT2D eigenvalue weighted by molar-refractivity contribution is 6.33. The van der Waals surface area contributed by atoms with Crippen molar-refractivity contribution in [2.75, 3.05) is 13.2 Å². The molecule has 0 saturated carbocycles. The van der Waals surface area contributed by atoms with E-state index in [4.69, 9.17) is 25.8 Å². The molecule has 0 fully saturated rings. The summed E-state index contributed by atoms with van der Waals surface area (Å²) in [5.74, 6) is -0.686. The van der Waals surface area contributed by atoms with Crippen LogP contribution in [0.25, 0.3) is 0 Å². The lowest BCUT2D eigenvalue weighted by atomic mass is 10.2. The zero-order valence-corrected chi connectivity index (χ0v) is 13.3. The number of benzene rings is 1.